The van der Waals surface area contributed by atoms with Crippen molar-refractivity contribution in [2.45, 2.75) is 13.8 Å². The average molecular weight is 508 g/mol. The zero-order chi connectivity index (χ0) is 24.0. The minimum absolute atomic E-state index is 0.140. The zero-order valence-corrected chi connectivity index (χ0v) is 21.4. The van der Waals surface area contributed by atoms with Crippen molar-refractivity contribution >= 4 is 51.9 Å². The average Bonchev–Trinajstić information content (AvgIpc) is 3.02. The number of nitrogens with zero attached hydrogens (tertiary/aromatic N) is 1. The quantitative estimate of drug-likeness (QED) is 0.246. The highest BCUT2D eigenvalue weighted by atomic mass is 35.5. The molecule has 0 radical (unpaired) electrons. The number of amides is 1. The first kappa shape index (κ1) is 25.4. The van der Waals surface area contributed by atoms with Crippen molar-refractivity contribution in [1.29, 1.82) is 0 Å². The predicted molar refractivity (Wildman–Crippen MR) is 137 cm³/mol. The van der Waals surface area contributed by atoms with E-state index in [1.807, 2.05) is 18.2 Å². The SMILES string of the molecule is COc1cc(/C=C2/SC(=S)N(C)C2=O)cc(Cl)c1OCCOCCOc1ccc(C)c(C)c1. The molecular weight excluding hydrogens is 482 g/mol. The number of carbonyl (C=O) groups excluding carboxylic acids is 1. The van der Waals surface area contributed by atoms with Crippen molar-refractivity contribution in [3.8, 4) is 17.2 Å². The fourth-order valence-corrected chi connectivity index (χ4v) is 4.44. The van der Waals surface area contributed by atoms with Crippen LogP contribution in [-0.4, -0.2) is 55.7 Å². The summed E-state index contributed by atoms with van der Waals surface area (Å²) in [5.41, 5.74) is 3.15. The number of halogens is 1. The summed E-state index contributed by atoms with van der Waals surface area (Å²) in [6.07, 6.45) is 1.74. The molecule has 0 spiro atoms. The van der Waals surface area contributed by atoms with Gasteiger partial charge < -0.3 is 18.9 Å². The highest BCUT2D eigenvalue weighted by Gasteiger charge is 2.28. The summed E-state index contributed by atoms with van der Waals surface area (Å²) in [7, 11) is 3.19. The van der Waals surface area contributed by atoms with Crippen molar-refractivity contribution in [2.24, 2.45) is 0 Å². The monoisotopic (exact) mass is 507 g/mol. The Hall–Kier alpha value is -2.26. The van der Waals surface area contributed by atoms with Crippen LogP contribution in [-0.2, 0) is 9.53 Å². The van der Waals surface area contributed by atoms with E-state index < -0.39 is 0 Å². The first-order valence-corrected chi connectivity index (χ1v) is 11.9. The minimum Gasteiger partial charge on any atom is -0.493 e. The van der Waals surface area contributed by atoms with Crippen molar-refractivity contribution in [3.05, 3.63) is 56.9 Å². The van der Waals surface area contributed by atoms with Gasteiger partial charge in [0, 0.05) is 7.05 Å². The Bertz CT molecular complexity index is 1070. The third-order valence-corrected chi connectivity index (χ3v) is 6.75. The Balaban J connectivity index is 1.49. The van der Waals surface area contributed by atoms with Gasteiger partial charge in [0.2, 0.25) is 0 Å². The van der Waals surface area contributed by atoms with Gasteiger partial charge in [0.15, 0.2) is 11.5 Å². The maximum Gasteiger partial charge on any atom is 0.265 e. The summed E-state index contributed by atoms with van der Waals surface area (Å²) in [5, 5.41) is 0.380. The number of thiocarbonyl (C=S) groups is 1. The third-order valence-electron chi connectivity index (χ3n) is 4.98. The molecule has 0 unspecified atom stereocenters. The van der Waals surface area contributed by atoms with Gasteiger partial charge in [0.05, 0.1) is 30.3 Å². The van der Waals surface area contributed by atoms with Crippen LogP contribution in [0.1, 0.15) is 16.7 Å². The molecule has 1 heterocycles. The number of thioether (sulfide) groups is 1. The van der Waals surface area contributed by atoms with E-state index in [0.717, 1.165) is 11.3 Å². The molecule has 0 bridgehead atoms. The van der Waals surface area contributed by atoms with Crippen LogP contribution >= 0.6 is 35.6 Å². The van der Waals surface area contributed by atoms with Crippen LogP contribution in [0.3, 0.4) is 0 Å². The van der Waals surface area contributed by atoms with E-state index in [-0.39, 0.29) is 5.91 Å². The number of aryl methyl sites for hydroxylation is 2. The number of rotatable bonds is 10. The Morgan fingerprint density at radius 1 is 1.06 bits per heavy atom. The molecule has 0 N–H and O–H groups in total. The lowest BCUT2D eigenvalue weighted by Crippen LogP contribution is -2.22. The normalized spacial score (nSPS) is 14.8. The highest BCUT2D eigenvalue weighted by Crippen LogP contribution is 2.38. The van der Waals surface area contributed by atoms with Crippen LogP contribution in [0.15, 0.2) is 35.2 Å². The Kier molecular flexibility index (Phi) is 9.02. The Morgan fingerprint density at radius 3 is 2.42 bits per heavy atom. The molecule has 1 aliphatic heterocycles. The van der Waals surface area contributed by atoms with Crippen molar-refractivity contribution in [1.82, 2.24) is 4.90 Å². The third kappa shape index (κ3) is 6.63. The molecule has 2 aromatic carbocycles. The number of carbonyl (C=O) groups is 1. The van der Waals surface area contributed by atoms with Gasteiger partial charge in [-0.2, -0.15) is 0 Å². The summed E-state index contributed by atoms with van der Waals surface area (Å²) in [5.74, 6) is 1.59. The number of methoxy groups -OCH3 is 1. The van der Waals surface area contributed by atoms with E-state index in [4.69, 9.17) is 42.8 Å². The van der Waals surface area contributed by atoms with Gasteiger partial charge in [-0.25, -0.2) is 0 Å². The predicted octanol–water partition coefficient (Wildman–Crippen LogP) is 5.27. The molecule has 9 heteroatoms. The molecule has 176 valence electrons. The fourth-order valence-electron chi connectivity index (χ4n) is 2.99. The summed E-state index contributed by atoms with van der Waals surface area (Å²) >= 11 is 12.8. The van der Waals surface area contributed by atoms with Gasteiger partial charge in [-0.05, 0) is 60.9 Å². The molecule has 6 nitrogen and oxygen atoms in total. The van der Waals surface area contributed by atoms with E-state index in [1.165, 1.54) is 34.9 Å². The minimum atomic E-state index is -0.140. The number of likely N-dealkylation sites (N-methyl/N-ethyl adjacent to an activating group) is 1. The van der Waals surface area contributed by atoms with Gasteiger partial charge in [0.1, 0.15) is 23.3 Å². The standard InChI is InChI=1S/C24H26ClNO5S2/c1-15-5-6-18(11-16(15)2)30-9-7-29-8-10-31-22-19(25)12-17(13-20(22)28-4)14-21-23(27)26(3)24(32)33-21/h5-6,11-14H,7-10H2,1-4H3/b21-14+. The molecule has 0 atom stereocenters. The molecule has 2 aromatic rings. The van der Waals surface area contributed by atoms with Crippen molar-refractivity contribution in [3.63, 3.8) is 0 Å². The van der Waals surface area contributed by atoms with Crippen molar-refractivity contribution < 1.29 is 23.7 Å². The molecule has 33 heavy (non-hydrogen) atoms. The van der Waals surface area contributed by atoms with E-state index in [0.29, 0.717) is 52.2 Å². The summed E-state index contributed by atoms with van der Waals surface area (Å²) < 4.78 is 23.0. The maximum absolute atomic E-state index is 12.2. The van der Waals surface area contributed by atoms with Gasteiger partial charge in [-0.15, -0.1) is 0 Å². The van der Waals surface area contributed by atoms with Crippen LogP contribution < -0.4 is 14.2 Å². The molecule has 0 saturated carbocycles. The van der Waals surface area contributed by atoms with Gasteiger partial charge in [0.25, 0.3) is 5.91 Å². The lowest BCUT2D eigenvalue weighted by atomic mass is 10.1. The van der Waals surface area contributed by atoms with Crippen LogP contribution in [0.25, 0.3) is 6.08 Å². The van der Waals surface area contributed by atoms with E-state index >= 15 is 0 Å². The number of hydrogen-bond acceptors (Lipinski definition) is 7. The zero-order valence-electron chi connectivity index (χ0n) is 19.0. The molecular formula is C24H26ClNO5S2. The molecule has 1 aliphatic rings. The molecule has 1 fully saturated rings. The van der Waals surface area contributed by atoms with Gasteiger partial charge >= 0.3 is 0 Å². The number of benzene rings is 2. The van der Waals surface area contributed by atoms with Crippen LogP contribution in [0.5, 0.6) is 17.2 Å². The summed E-state index contributed by atoms with van der Waals surface area (Å²) in [6.45, 7) is 5.68. The first-order chi connectivity index (χ1) is 15.8. The lowest BCUT2D eigenvalue weighted by molar-refractivity contribution is -0.121. The molecule has 0 aromatic heterocycles. The Morgan fingerprint density at radius 2 is 1.79 bits per heavy atom. The molecule has 3 rings (SSSR count). The highest BCUT2D eigenvalue weighted by molar-refractivity contribution is 8.26. The molecule has 0 aliphatic carbocycles. The first-order valence-electron chi connectivity index (χ1n) is 10.3. The lowest BCUT2D eigenvalue weighted by Gasteiger charge is -2.14. The fraction of sp³-hybridized carbons (Fsp3) is 0.333. The largest absolute Gasteiger partial charge is 0.493 e. The van der Waals surface area contributed by atoms with Crippen LogP contribution in [0.2, 0.25) is 5.02 Å². The Labute approximate surface area is 208 Å². The molecule has 1 saturated heterocycles. The van der Waals surface area contributed by atoms with E-state index in [9.17, 15) is 4.79 Å². The van der Waals surface area contributed by atoms with Crippen molar-refractivity contribution in [2.75, 3.05) is 40.6 Å². The second-order valence-corrected chi connectivity index (χ2v) is 9.41. The number of hydrogen-bond donors (Lipinski definition) is 0. The summed E-state index contributed by atoms with van der Waals surface area (Å²) in [4.78, 5) is 14.2. The topological polar surface area (TPSA) is 57.2 Å². The van der Waals surface area contributed by atoms with Crippen LogP contribution in [0.4, 0.5) is 0 Å². The smallest absolute Gasteiger partial charge is 0.265 e. The van der Waals surface area contributed by atoms with Gasteiger partial charge in [-0.1, -0.05) is 41.6 Å². The maximum atomic E-state index is 12.2. The van der Waals surface area contributed by atoms with E-state index in [2.05, 4.69) is 13.8 Å². The summed E-state index contributed by atoms with van der Waals surface area (Å²) in [6, 6.07) is 9.49. The second kappa shape index (κ2) is 11.7. The van der Waals surface area contributed by atoms with Gasteiger partial charge in [-0.3, -0.25) is 9.69 Å². The molecule has 1 amide bonds. The van der Waals surface area contributed by atoms with Crippen LogP contribution in [0, 0.1) is 13.8 Å². The second-order valence-electron chi connectivity index (χ2n) is 7.33. The van der Waals surface area contributed by atoms with E-state index in [1.54, 1.807) is 25.3 Å². The number of ether oxygens (including phenoxy) is 4.